The average molecular weight is 725 g/mol. The maximum absolute atomic E-state index is 14.4. The highest BCUT2D eigenvalue weighted by Gasteiger charge is 2.32. The van der Waals surface area contributed by atoms with Gasteiger partial charge in [-0.15, -0.1) is 0 Å². The Balaban J connectivity index is 1.62. The number of likely N-dealkylation sites (N-methyl/N-ethyl adjacent to an activating group) is 1. The Hall–Kier alpha value is -3.66. The van der Waals surface area contributed by atoms with E-state index in [1.165, 1.54) is 43.0 Å². The number of aliphatic hydroxyl groups is 1. The summed E-state index contributed by atoms with van der Waals surface area (Å²) in [5.74, 6) is -0.296. The number of nitrogens with one attached hydrogen (secondary N) is 1. The molecular weight excluding hydrogens is 677 g/mol. The predicted molar refractivity (Wildman–Crippen MR) is 181 cm³/mol. The van der Waals surface area contributed by atoms with Crippen LogP contribution in [0, 0.1) is 19.8 Å². The van der Waals surface area contributed by atoms with Crippen molar-refractivity contribution < 1.29 is 45.5 Å². The van der Waals surface area contributed by atoms with Crippen LogP contribution in [0.5, 0.6) is 5.75 Å². The van der Waals surface area contributed by atoms with Gasteiger partial charge in [0.05, 0.1) is 36.0 Å². The van der Waals surface area contributed by atoms with Crippen molar-refractivity contribution in [1.82, 2.24) is 15.0 Å². The van der Waals surface area contributed by atoms with Gasteiger partial charge >= 0.3 is 6.18 Å². The van der Waals surface area contributed by atoms with Crippen molar-refractivity contribution in [1.29, 1.82) is 0 Å². The zero-order valence-corrected chi connectivity index (χ0v) is 30.1. The monoisotopic (exact) mass is 724 g/mol. The first kappa shape index (κ1) is 39.1. The van der Waals surface area contributed by atoms with Crippen molar-refractivity contribution in [2.45, 2.75) is 89.7 Å². The van der Waals surface area contributed by atoms with Crippen molar-refractivity contribution in [3.8, 4) is 5.75 Å². The molecule has 0 aliphatic carbocycles. The molecule has 11 nitrogen and oxygen atoms in total. The number of nitrogens with zero attached hydrogens (tertiary/aromatic N) is 3. The zero-order chi connectivity index (χ0) is 36.8. The molecule has 1 aliphatic rings. The third-order valence-electron chi connectivity index (χ3n) is 8.77. The van der Waals surface area contributed by atoms with Crippen molar-refractivity contribution in [2.24, 2.45) is 5.92 Å². The maximum atomic E-state index is 14.4. The molecule has 1 amide bonds. The molecule has 50 heavy (non-hydrogen) atoms. The van der Waals surface area contributed by atoms with Gasteiger partial charge in [0.2, 0.25) is 0 Å². The summed E-state index contributed by atoms with van der Waals surface area (Å²) < 4.78 is 86.0. The van der Waals surface area contributed by atoms with Gasteiger partial charge in [-0.1, -0.05) is 24.2 Å². The summed E-state index contributed by atoms with van der Waals surface area (Å²) in [6.45, 7) is 9.70. The van der Waals surface area contributed by atoms with E-state index in [2.05, 4.69) is 9.88 Å². The number of anilines is 1. The smallest absolute Gasteiger partial charge is 0.416 e. The Bertz CT molecular complexity index is 1680. The van der Waals surface area contributed by atoms with Crippen LogP contribution in [0.15, 0.2) is 51.9 Å². The molecule has 0 bridgehead atoms. The first-order valence-electron chi connectivity index (χ1n) is 16.6. The molecule has 0 fully saturated rings. The fraction of sp³-hybridized carbons (Fsp3) is 0.543. The van der Waals surface area contributed by atoms with Crippen molar-refractivity contribution in [2.75, 3.05) is 38.1 Å². The Labute approximate surface area is 291 Å². The predicted octanol–water partition coefficient (Wildman–Crippen LogP) is 6.04. The van der Waals surface area contributed by atoms with Crippen LogP contribution in [-0.4, -0.2) is 86.0 Å². The van der Waals surface area contributed by atoms with E-state index >= 15 is 0 Å². The number of halogens is 3. The number of fused-ring (bicyclic) bond motifs is 1. The first-order valence-corrected chi connectivity index (χ1v) is 18.1. The van der Waals surface area contributed by atoms with Crippen LogP contribution >= 0.6 is 0 Å². The van der Waals surface area contributed by atoms with Crippen LogP contribution in [0.2, 0.25) is 0 Å². The second kappa shape index (κ2) is 16.6. The standard InChI is InChI=1S/C35H47F3N4O7S/c1-22-18-42(23(2)21-43)34(44)30-17-29(40-50(45,46)33-25(4)39-49-26(33)5)14-15-31(30)48-24(3)9-7-8-16-47-32(22)20-41(6)19-27-10-12-28(13-11-27)35(36,37)38/h10-15,17,22-24,32,40,43H,7-9,16,18-21H2,1-6H3/t22-,23+,24+,32+/m1/s1. The van der Waals surface area contributed by atoms with Crippen molar-refractivity contribution in [3.63, 3.8) is 0 Å². The summed E-state index contributed by atoms with van der Waals surface area (Å²) in [6, 6.07) is 8.97. The molecule has 1 aliphatic heterocycles. The molecule has 2 heterocycles. The Kier molecular flexibility index (Phi) is 13.0. The van der Waals surface area contributed by atoms with Crippen LogP contribution in [0.3, 0.4) is 0 Å². The lowest BCUT2D eigenvalue weighted by atomic mass is 10.0. The number of hydrogen-bond acceptors (Lipinski definition) is 9. The second-order valence-corrected chi connectivity index (χ2v) is 14.8. The van der Waals surface area contributed by atoms with E-state index in [9.17, 15) is 31.5 Å². The number of ether oxygens (including phenoxy) is 2. The van der Waals surface area contributed by atoms with Gasteiger partial charge < -0.3 is 24.0 Å². The van der Waals surface area contributed by atoms with E-state index < -0.39 is 33.7 Å². The van der Waals surface area contributed by atoms with Crippen LogP contribution in [0.1, 0.15) is 73.0 Å². The number of rotatable bonds is 9. The van der Waals surface area contributed by atoms with Gasteiger partial charge in [0.25, 0.3) is 15.9 Å². The molecule has 0 saturated carbocycles. The number of sulfonamides is 1. The number of amides is 1. The molecule has 3 aromatic rings. The third-order valence-corrected chi connectivity index (χ3v) is 10.4. The normalized spacial score (nSPS) is 20.6. The lowest BCUT2D eigenvalue weighted by molar-refractivity contribution is -0.137. The van der Waals surface area contributed by atoms with Gasteiger partial charge in [0.15, 0.2) is 10.7 Å². The molecule has 2 N–H and O–H groups in total. The number of alkyl halides is 3. The molecule has 4 rings (SSSR count). The van der Waals surface area contributed by atoms with Gasteiger partial charge in [-0.05, 0) is 89.9 Å². The summed E-state index contributed by atoms with van der Waals surface area (Å²) in [5, 5.41) is 14.0. The number of carbonyl (C=O) groups is 1. The second-order valence-electron chi connectivity index (χ2n) is 13.2. The Morgan fingerprint density at radius 3 is 2.44 bits per heavy atom. The minimum Gasteiger partial charge on any atom is -0.490 e. The average Bonchev–Trinajstić information content (AvgIpc) is 3.40. The maximum Gasteiger partial charge on any atom is 0.416 e. The quantitative estimate of drug-likeness (QED) is 0.271. The number of aromatic nitrogens is 1. The molecule has 15 heteroatoms. The lowest BCUT2D eigenvalue weighted by Crippen LogP contribution is -2.47. The highest BCUT2D eigenvalue weighted by molar-refractivity contribution is 7.92. The lowest BCUT2D eigenvalue weighted by Gasteiger charge is -2.36. The number of benzene rings is 2. The molecule has 0 unspecified atom stereocenters. The number of aliphatic hydroxyl groups excluding tert-OH is 1. The SMILES string of the molecule is Cc1noc(C)c1S(=O)(=O)Nc1ccc2c(c1)C(=O)N([C@@H](C)CO)C[C@@H](C)[C@H](CN(C)Cc1ccc(C(F)(F)F)cc1)OCCCC[C@H](C)O2. The van der Waals surface area contributed by atoms with Gasteiger partial charge in [-0.25, -0.2) is 8.42 Å². The third kappa shape index (κ3) is 9.98. The molecule has 2 aromatic carbocycles. The topological polar surface area (TPSA) is 134 Å². The zero-order valence-electron chi connectivity index (χ0n) is 29.3. The molecule has 0 saturated heterocycles. The van der Waals surface area contributed by atoms with Gasteiger partial charge in [-0.3, -0.25) is 14.4 Å². The number of hydrogen-bond donors (Lipinski definition) is 2. The summed E-state index contributed by atoms with van der Waals surface area (Å²) in [7, 11) is -2.25. The Morgan fingerprint density at radius 2 is 1.82 bits per heavy atom. The summed E-state index contributed by atoms with van der Waals surface area (Å²) in [6.07, 6.45) is -2.84. The largest absolute Gasteiger partial charge is 0.490 e. The van der Waals surface area contributed by atoms with Gasteiger partial charge in [0, 0.05) is 37.8 Å². The molecular formula is C35H47F3N4O7S. The first-order chi connectivity index (χ1) is 23.5. The van der Waals surface area contributed by atoms with Crippen LogP contribution < -0.4 is 9.46 Å². The molecule has 0 spiro atoms. The van der Waals surface area contributed by atoms with Gasteiger partial charge in [-0.2, -0.15) is 13.2 Å². The van der Waals surface area contributed by atoms with E-state index in [1.54, 1.807) is 13.0 Å². The Morgan fingerprint density at radius 1 is 1.12 bits per heavy atom. The number of aryl methyl sites for hydroxylation is 2. The minimum absolute atomic E-state index is 0.0903. The summed E-state index contributed by atoms with van der Waals surface area (Å²) in [5.41, 5.74) is 0.453. The molecule has 1 aromatic heterocycles. The van der Waals surface area contributed by atoms with Crippen molar-refractivity contribution in [3.05, 3.63) is 70.6 Å². The van der Waals surface area contributed by atoms with Crippen LogP contribution in [0.4, 0.5) is 18.9 Å². The van der Waals surface area contributed by atoms with Crippen LogP contribution in [-0.2, 0) is 27.5 Å². The van der Waals surface area contributed by atoms with Crippen molar-refractivity contribution >= 4 is 21.6 Å². The molecule has 276 valence electrons. The van der Waals surface area contributed by atoms with E-state index in [4.69, 9.17) is 14.0 Å². The minimum atomic E-state index is -4.41. The highest BCUT2D eigenvalue weighted by atomic mass is 32.2. The molecule has 4 atom stereocenters. The van der Waals surface area contributed by atoms with E-state index in [0.717, 1.165) is 25.0 Å². The summed E-state index contributed by atoms with van der Waals surface area (Å²) >= 11 is 0. The fourth-order valence-corrected chi connectivity index (χ4v) is 7.38. The summed E-state index contributed by atoms with van der Waals surface area (Å²) in [4.78, 5) is 17.8. The fourth-order valence-electron chi connectivity index (χ4n) is 6.00. The van der Waals surface area contributed by atoms with E-state index in [1.807, 2.05) is 25.8 Å². The highest BCUT2D eigenvalue weighted by Crippen LogP contribution is 2.31. The number of carbonyl (C=O) groups excluding carboxylic acids is 1. The van der Waals surface area contributed by atoms with Gasteiger partial charge in [0.1, 0.15) is 11.4 Å². The van der Waals surface area contributed by atoms with E-state index in [0.29, 0.717) is 31.7 Å². The van der Waals surface area contributed by atoms with E-state index in [-0.39, 0.29) is 64.6 Å². The molecule has 0 radical (unpaired) electrons. The van der Waals surface area contributed by atoms with Crippen LogP contribution in [0.25, 0.3) is 0 Å².